The first-order valence-corrected chi connectivity index (χ1v) is 9.96. The number of fused-ring (bicyclic) bond motifs is 10. The minimum Gasteiger partial charge on any atom is -0.404 e. The molecule has 10 heteroatoms. The minimum atomic E-state index is 0.472. The van der Waals surface area contributed by atoms with Gasteiger partial charge < -0.3 is 9.40 Å². The zero-order chi connectivity index (χ0) is 20.8. The van der Waals surface area contributed by atoms with Gasteiger partial charge in [0.2, 0.25) is 11.5 Å². The third-order valence-corrected chi connectivity index (χ3v) is 5.77. The molecule has 0 unspecified atom stereocenters. The summed E-state index contributed by atoms with van der Waals surface area (Å²) in [6.07, 6.45) is 4.99. The number of nitrogens with zero attached hydrogens (tertiary/aromatic N) is 8. The molecule has 2 aromatic carbocycles. The van der Waals surface area contributed by atoms with Crippen molar-refractivity contribution in [3.8, 4) is 11.4 Å². The van der Waals surface area contributed by atoms with E-state index in [-0.39, 0.29) is 0 Å². The van der Waals surface area contributed by atoms with Crippen molar-refractivity contribution in [1.29, 1.82) is 0 Å². The molecule has 0 saturated heterocycles. The van der Waals surface area contributed by atoms with Gasteiger partial charge in [-0.1, -0.05) is 12.1 Å². The minimum absolute atomic E-state index is 0.472. The third kappa shape index (κ3) is 1.93. The summed E-state index contributed by atoms with van der Waals surface area (Å²) < 4.78 is 9.69. The largest absolute Gasteiger partial charge is 0.404 e. The Labute approximate surface area is 177 Å². The zero-order valence-corrected chi connectivity index (χ0v) is 16.3. The molecule has 6 aromatic heterocycles. The van der Waals surface area contributed by atoms with Gasteiger partial charge in [0.25, 0.3) is 0 Å². The van der Waals surface area contributed by atoms with Gasteiger partial charge in [0, 0.05) is 5.56 Å². The maximum absolute atomic E-state index is 5.75. The van der Waals surface area contributed by atoms with E-state index in [2.05, 4.69) is 29.9 Å². The van der Waals surface area contributed by atoms with Crippen LogP contribution in [0.25, 0.3) is 67.5 Å². The summed E-state index contributed by atoms with van der Waals surface area (Å²) >= 11 is 0. The topological polar surface area (TPSA) is 115 Å². The summed E-state index contributed by atoms with van der Waals surface area (Å²) in [6, 6.07) is 14.0. The SMILES string of the molecule is c1ccc2c(c1)[nH]c1nc3nc(-c4ccc5c(c4)nc4oc6ncncc6n45)ncc3n12. The molecule has 150 valence electrons. The highest BCUT2D eigenvalue weighted by Gasteiger charge is 2.16. The van der Waals surface area contributed by atoms with Crippen LogP contribution >= 0.6 is 0 Å². The number of hydrogen-bond acceptors (Lipinski definition) is 7. The second-order valence-electron chi connectivity index (χ2n) is 7.56. The van der Waals surface area contributed by atoms with Gasteiger partial charge in [-0.15, -0.1) is 0 Å². The molecule has 8 rings (SSSR count). The van der Waals surface area contributed by atoms with Crippen molar-refractivity contribution in [1.82, 2.24) is 43.7 Å². The molecule has 0 atom stereocenters. The summed E-state index contributed by atoms with van der Waals surface area (Å²) in [5.74, 6) is 1.80. The van der Waals surface area contributed by atoms with E-state index in [4.69, 9.17) is 9.40 Å². The molecule has 0 radical (unpaired) electrons. The van der Waals surface area contributed by atoms with E-state index in [1.807, 2.05) is 57.5 Å². The normalized spacial score (nSPS) is 12.4. The van der Waals surface area contributed by atoms with Crippen molar-refractivity contribution in [2.24, 2.45) is 0 Å². The van der Waals surface area contributed by atoms with E-state index in [1.165, 1.54) is 6.33 Å². The Morgan fingerprint density at radius 1 is 0.812 bits per heavy atom. The molecule has 1 N–H and O–H groups in total. The van der Waals surface area contributed by atoms with E-state index in [0.29, 0.717) is 23.0 Å². The Kier molecular flexibility index (Phi) is 2.70. The lowest BCUT2D eigenvalue weighted by Crippen LogP contribution is -1.91. The number of benzene rings is 2. The molecule has 0 aliphatic rings. The molecule has 10 nitrogen and oxygen atoms in total. The number of hydrogen-bond donors (Lipinski definition) is 1. The standard InChI is InChI=1S/C22H11N9O/c1-2-4-14-12(3-1)26-21-29-19-16(30(14)21)9-24-18(28-19)11-5-6-15-13(7-11)27-22-31(15)17-8-23-10-25-20(17)32-22/h1-10H,(H,24,26,28,29). The fourth-order valence-corrected chi connectivity index (χ4v) is 4.36. The Hall–Kier alpha value is -4.86. The van der Waals surface area contributed by atoms with Crippen LogP contribution in [0.1, 0.15) is 0 Å². The lowest BCUT2D eigenvalue weighted by molar-refractivity contribution is 0.629. The lowest BCUT2D eigenvalue weighted by Gasteiger charge is -2.01. The molecule has 0 saturated carbocycles. The second kappa shape index (κ2) is 5.43. The van der Waals surface area contributed by atoms with Crippen LogP contribution in [0.3, 0.4) is 0 Å². The summed E-state index contributed by atoms with van der Waals surface area (Å²) in [7, 11) is 0. The highest BCUT2D eigenvalue weighted by atomic mass is 16.4. The average Bonchev–Trinajstić information content (AvgIpc) is 3.54. The lowest BCUT2D eigenvalue weighted by atomic mass is 10.2. The molecule has 0 aliphatic heterocycles. The monoisotopic (exact) mass is 417 g/mol. The van der Waals surface area contributed by atoms with Gasteiger partial charge in [0.15, 0.2) is 11.5 Å². The summed E-state index contributed by atoms with van der Waals surface area (Å²) in [5.41, 5.74) is 7.36. The van der Waals surface area contributed by atoms with Gasteiger partial charge >= 0.3 is 5.84 Å². The van der Waals surface area contributed by atoms with E-state index in [9.17, 15) is 0 Å². The van der Waals surface area contributed by atoms with Crippen LogP contribution in [0.4, 0.5) is 0 Å². The molecule has 32 heavy (non-hydrogen) atoms. The fourth-order valence-electron chi connectivity index (χ4n) is 4.36. The Morgan fingerprint density at radius 2 is 1.78 bits per heavy atom. The highest BCUT2D eigenvalue weighted by molar-refractivity contribution is 5.90. The van der Waals surface area contributed by atoms with Gasteiger partial charge in [-0.3, -0.25) is 8.80 Å². The molecule has 0 aliphatic carbocycles. The Morgan fingerprint density at radius 3 is 2.78 bits per heavy atom. The van der Waals surface area contributed by atoms with E-state index in [0.717, 1.165) is 44.4 Å². The van der Waals surface area contributed by atoms with Crippen molar-refractivity contribution < 1.29 is 4.42 Å². The van der Waals surface area contributed by atoms with Crippen LogP contribution in [-0.2, 0) is 0 Å². The third-order valence-electron chi connectivity index (χ3n) is 5.77. The molecule has 0 amide bonds. The fraction of sp³-hybridized carbons (Fsp3) is 0. The summed E-state index contributed by atoms with van der Waals surface area (Å²) in [6.45, 7) is 0. The highest BCUT2D eigenvalue weighted by Crippen LogP contribution is 2.28. The smallest absolute Gasteiger partial charge is 0.309 e. The van der Waals surface area contributed by atoms with Gasteiger partial charge in [-0.05, 0) is 30.3 Å². The number of nitrogens with one attached hydrogen (secondary N) is 1. The summed E-state index contributed by atoms with van der Waals surface area (Å²) in [5, 5.41) is 0. The maximum atomic E-state index is 5.75. The number of H-pyrrole nitrogens is 1. The van der Waals surface area contributed by atoms with Crippen molar-refractivity contribution in [3.05, 3.63) is 61.2 Å². The van der Waals surface area contributed by atoms with Crippen LogP contribution < -0.4 is 0 Å². The predicted octanol–water partition coefficient (Wildman–Crippen LogP) is 3.76. The maximum Gasteiger partial charge on any atom is 0.309 e. The van der Waals surface area contributed by atoms with Crippen LogP contribution in [0.15, 0.2) is 65.6 Å². The molecular weight excluding hydrogens is 406 g/mol. The van der Waals surface area contributed by atoms with Crippen molar-refractivity contribution in [3.63, 3.8) is 0 Å². The van der Waals surface area contributed by atoms with Gasteiger partial charge in [-0.2, -0.15) is 15.0 Å². The predicted molar refractivity (Wildman–Crippen MR) is 117 cm³/mol. The number of oxazole rings is 1. The first-order chi connectivity index (χ1) is 15.8. The first-order valence-electron chi connectivity index (χ1n) is 9.96. The van der Waals surface area contributed by atoms with Crippen molar-refractivity contribution in [2.45, 2.75) is 0 Å². The molecule has 0 fully saturated rings. The second-order valence-corrected chi connectivity index (χ2v) is 7.56. The molecule has 0 spiro atoms. The van der Waals surface area contributed by atoms with Gasteiger partial charge in [-0.25, -0.2) is 15.0 Å². The zero-order valence-electron chi connectivity index (χ0n) is 16.3. The number of aromatic nitrogens is 9. The number of rotatable bonds is 1. The first kappa shape index (κ1) is 15.9. The van der Waals surface area contributed by atoms with Crippen LogP contribution in [0.2, 0.25) is 0 Å². The van der Waals surface area contributed by atoms with Crippen LogP contribution in [-0.4, -0.2) is 43.7 Å². The van der Waals surface area contributed by atoms with E-state index >= 15 is 0 Å². The van der Waals surface area contributed by atoms with Gasteiger partial charge in [0.05, 0.1) is 34.5 Å². The van der Waals surface area contributed by atoms with E-state index < -0.39 is 0 Å². The van der Waals surface area contributed by atoms with Gasteiger partial charge in [0.1, 0.15) is 17.4 Å². The summed E-state index contributed by atoms with van der Waals surface area (Å²) in [4.78, 5) is 30.2. The Bertz CT molecular complexity index is 1860. The Balaban J connectivity index is 1.32. The van der Waals surface area contributed by atoms with Crippen molar-refractivity contribution in [2.75, 3.05) is 0 Å². The number of imidazole rings is 3. The number of aromatic amines is 1. The molecule has 6 heterocycles. The number of para-hydroxylation sites is 2. The van der Waals surface area contributed by atoms with E-state index in [1.54, 1.807) is 6.20 Å². The van der Waals surface area contributed by atoms with Crippen LogP contribution in [0, 0.1) is 0 Å². The average molecular weight is 417 g/mol. The van der Waals surface area contributed by atoms with Crippen molar-refractivity contribution >= 4 is 56.1 Å². The molecule has 0 bridgehead atoms. The molecular formula is C22H11N9O. The quantitative estimate of drug-likeness (QED) is 0.432. The van der Waals surface area contributed by atoms with Crippen LogP contribution in [0.5, 0.6) is 0 Å². The molecule has 8 aromatic rings.